The van der Waals surface area contributed by atoms with Gasteiger partial charge in [0.1, 0.15) is 5.82 Å². The lowest BCUT2D eigenvalue weighted by Crippen LogP contribution is -2.46. The first-order chi connectivity index (χ1) is 14.5. The van der Waals surface area contributed by atoms with Crippen LogP contribution in [0.5, 0.6) is 0 Å². The van der Waals surface area contributed by atoms with Crippen LogP contribution in [0, 0.1) is 0 Å². The zero-order valence-corrected chi connectivity index (χ0v) is 21.6. The molecule has 1 aromatic carbocycles. The highest BCUT2D eigenvalue weighted by molar-refractivity contribution is 14.0. The number of rotatable bonds is 7. The molecule has 0 radical (unpaired) electrons. The van der Waals surface area contributed by atoms with E-state index in [2.05, 4.69) is 93.6 Å². The van der Waals surface area contributed by atoms with Crippen molar-refractivity contribution in [2.75, 3.05) is 51.2 Å². The number of hydrogen-bond donors (Lipinski definition) is 2. The van der Waals surface area contributed by atoms with E-state index < -0.39 is 0 Å². The number of guanidine groups is 1. The Balaban J connectivity index is 0.00000341. The monoisotopic (exact) mass is 536 g/mol. The molecule has 1 aromatic heterocycles. The molecule has 170 valence electrons. The van der Waals surface area contributed by atoms with Gasteiger partial charge < -0.3 is 20.4 Å². The highest BCUT2D eigenvalue weighted by Gasteiger charge is 2.20. The van der Waals surface area contributed by atoms with Gasteiger partial charge >= 0.3 is 0 Å². The molecule has 6 nitrogen and oxygen atoms in total. The van der Waals surface area contributed by atoms with Gasteiger partial charge in [-0.1, -0.05) is 51.1 Å². The second-order valence-electron chi connectivity index (χ2n) is 8.47. The van der Waals surface area contributed by atoms with Crippen molar-refractivity contribution in [3.8, 4) is 0 Å². The fraction of sp³-hybridized carbons (Fsp3) is 0.500. The van der Waals surface area contributed by atoms with E-state index in [4.69, 9.17) is 0 Å². The summed E-state index contributed by atoms with van der Waals surface area (Å²) in [6, 6.07) is 14.9. The maximum Gasteiger partial charge on any atom is 0.191 e. The normalized spacial score (nSPS) is 15.4. The standard InChI is InChI=1S/C24H36N6.HI/c1-5-29-13-15-30(16-14-29)22-17-20(11-12-26-22)18-27-23(25-4)28-19-24(2,3)21-9-7-6-8-10-21;/h6-12,17H,5,13-16,18-19H2,1-4H3,(H2,25,27,28);1H. The van der Waals surface area contributed by atoms with E-state index in [0.29, 0.717) is 0 Å². The molecule has 1 fully saturated rings. The van der Waals surface area contributed by atoms with Crippen LogP contribution in [0.4, 0.5) is 5.82 Å². The number of pyridine rings is 1. The first-order valence-electron chi connectivity index (χ1n) is 10.9. The molecule has 1 aliphatic heterocycles. The minimum atomic E-state index is 0. The van der Waals surface area contributed by atoms with Crippen molar-refractivity contribution in [3.05, 3.63) is 59.8 Å². The molecule has 2 aromatic rings. The van der Waals surface area contributed by atoms with Crippen molar-refractivity contribution >= 4 is 35.8 Å². The number of likely N-dealkylation sites (N-methyl/N-ethyl adjacent to an activating group) is 1. The Morgan fingerprint density at radius 2 is 1.77 bits per heavy atom. The molecule has 0 amide bonds. The molecule has 2 N–H and O–H groups in total. The molecule has 0 aliphatic carbocycles. The summed E-state index contributed by atoms with van der Waals surface area (Å²) in [5.74, 6) is 1.88. The second kappa shape index (κ2) is 12.2. The van der Waals surface area contributed by atoms with E-state index in [1.165, 1.54) is 11.1 Å². The summed E-state index contributed by atoms with van der Waals surface area (Å²) >= 11 is 0. The van der Waals surface area contributed by atoms with Gasteiger partial charge in [0, 0.05) is 57.9 Å². The Morgan fingerprint density at radius 3 is 2.42 bits per heavy atom. The van der Waals surface area contributed by atoms with E-state index >= 15 is 0 Å². The molecule has 1 aliphatic rings. The number of nitrogens with zero attached hydrogens (tertiary/aromatic N) is 4. The van der Waals surface area contributed by atoms with Gasteiger partial charge in [0.2, 0.25) is 0 Å². The van der Waals surface area contributed by atoms with Gasteiger partial charge in [-0.2, -0.15) is 0 Å². The van der Waals surface area contributed by atoms with E-state index in [9.17, 15) is 0 Å². The van der Waals surface area contributed by atoms with Crippen LogP contribution in [0.3, 0.4) is 0 Å². The second-order valence-corrected chi connectivity index (χ2v) is 8.47. The zero-order chi connectivity index (χ0) is 21.4. The maximum absolute atomic E-state index is 4.60. The van der Waals surface area contributed by atoms with Crippen molar-refractivity contribution in [2.24, 2.45) is 4.99 Å². The van der Waals surface area contributed by atoms with Gasteiger partial charge in [0.25, 0.3) is 0 Å². The lowest BCUT2D eigenvalue weighted by Gasteiger charge is -2.34. The Labute approximate surface area is 204 Å². The van der Waals surface area contributed by atoms with Crippen LogP contribution in [0.15, 0.2) is 53.7 Å². The number of anilines is 1. The third-order valence-electron chi connectivity index (χ3n) is 5.89. The summed E-state index contributed by atoms with van der Waals surface area (Å²) < 4.78 is 0. The average Bonchev–Trinajstić information content (AvgIpc) is 2.80. The molecule has 31 heavy (non-hydrogen) atoms. The van der Waals surface area contributed by atoms with Crippen molar-refractivity contribution in [3.63, 3.8) is 0 Å². The van der Waals surface area contributed by atoms with E-state index in [1.54, 1.807) is 0 Å². The van der Waals surface area contributed by atoms with Gasteiger partial charge in [0.05, 0.1) is 0 Å². The number of piperazine rings is 1. The average molecular weight is 537 g/mol. The SMILES string of the molecule is CCN1CCN(c2cc(CNC(=NC)NCC(C)(C)c3ccccc3)ccn2)CC1.I. The van der Waals surface area contributed by atoms with Crippen LogP contribution < -0.4 is 15.5 Å². The summed E-state index contributed by atoms with van der Waals surface area (Å²) in [5.41, 5.74) is 2.54. The van der Waals surface area contributed by atoms with Gasteiger partial charge in [-0.25, -0.2) is 4.98 Å². The van der Waals surface area contributed by atoms with Crippen LogP contribution in [-0.2, 0) is 12.0 Å². The minimum Gasteiger partial charge on any atom is -0.356 e. The molecule has 0 unspecified atom stereocenters. The third-order valence-corrected chi connectivity index (χ3v) is 5.89. The quantitative estimate of drug-likeness (QED) is 0.323. The highest BCUT2D eigenvalue weighted by Crippen LogP contribution is 2.21. The molecule has 7 heteroatoms. The molecule has 0 atom stereocenters. The summed E-state index contributed by atoms with van der Waals surface area (Å²) in [7, 11) is 1.82. The third kappa shape index (κ3) is 7.35. The van der Waals surface area contributed by atoms with Crippen molar-refractivity contribution in [2.45, 2.75) is 32.7 Å². The number of aliphatic imine (C=N–C) groups is 1. The van der Waals surface area contributed by atoms with Crippen molar-refractivity contribution in [1.82, 2.24) is 20.5 Å². The molecule has 0 saturated carbocycles. The van der Waals surface area contributed by atoms with Crippen LogP contribution in [-0.4, -0.2) is 62.2 Å². The molecular formula is C24H37IN6. The lowest BCUT2D eigenvalue weighted by atomic mass is 9.85. The number of aromatic nitrogens is 1. The Bertz CT molecular complexity index is 816. The van der Waals surface area contributed by atoms with Gasteiger partial charge in [-0.05, 0) is 29.8 Å². The Hall–Kier alpha value is -1.87. The number of nitrogens with one attached hydrogen (secondary N) is 2. The Morgan fingerprint density at radius 1 is 1.06 bits per heavy atom. The van der Waals surface area contributed by atoms with E-state index in [0.717, 1.165) is 57.6 Å². The molecule has 1 saturated heterocycles. The van der Waals surface area contributed by atoms with E-state index in [-0.39, 0.29) is 29.4 Å². The number of halogens is 1. The molecule has 2 heterocycles. The Kier molecular flexibility index (Phi) is 10.0. The fourth-order valence-electron chi connectivity index (χ4n) is 3.74. The molecule has 0 bridgehead atoms. The van der Waals surface area contributed by atoms with Crippen LogP contribution in [0.1, 0.15) is 31.9 Å². The van der Waals surface area contributed by atoms with Crippen molar-refractivity contribution in [1.29, 1.82) is 0 Å². The number of benzene rings is 1. The van der Waals surface area contributed by atoms with Crippen molar-refractivity contribution < 1.29 is 0 Å². The van der Waals surface area contributed by atoms with Crippen LogP contribution in [0.25, 0.3) is 0 Å². The molecule has 0 spiro atoms. The van der Waals surface area contributed by atoms with Gasteiger partial charge in [-0.3, -0.25) is 4.99 Å². The summed E-state index contributed by atoms with van der Waals surface area (Å²) in [6.45, 7) is 13.6. The lowest BCUT2D eigenvalue weighted by molar-refractivity contribution is 0.270. The predicted molar refractivity (Wildman–Crippen MR) is 142 cm³/mol. The van der Waals surface area contributed by atoms with E-state index in [1.807, 2.05) is 13.2 Å². The number of hydrogen-bond acceptors (Lipinski definition) is 4. The zero-order valence-electron chi connectivity index (χ0n) is 19.3. The topological polar surface area (TPSA) is 55.8 Å². The first kappa shape index (κ1) is 25.4. The smallest absolute Gasteiger partial charge is 0.191 e. The van der Waals surface area contributed by atoms with Crippen LogP contribution in [0.2, 0.25) is 0 Å². The summed E-state index contributed by atoms with van der Waals surface area (Å²) in [5, 5.41) is 6.92. The highest BCUT2D eigenvalue weighted by atomic mass is 127. The van der Waals surface area contributed by atoms with Gasteiger partial charge in [0.15, 0.2) is 5.96 Å². The summed E-state index contributed by atoms with van der Waals surface area (Å²) in [4.78, 5) is 13.9. The van der Waals surface area contributed by atoms with Gasteiger partial charge in [-0.15, -0.1) is 24.0 Å². The summed E-state index contributed by atoms with van der Waals surface area (Å²) in [6.07, 6.45) is 1.91. The minimum absolute atomic E-state index is 0. The fourth-order valence-corrected chi connectivity index (χ4v) is 3.74. The first-order valence-corrected chi connectivity index (χ1v) is 10.9. The molecular weight excluding hydrogens is 499 g/mol. The largest absolute Gasteiger partial charge is 0.356 e. The predicted octanol–water partition coefficient (Wildman–Crippen LogP) is 3.48. The maximum atomic E-state index is 4.60. The molecule has 3 rings (SSSR count). The van der Waals surface area contributed by atoms with Crippen LogP contribution >= 0.6 is 24.0 Å².